The molecule has 0 aliphatic rings. The summed E-state index contributed by atoms with van der Waals surface area (Å²) < 4.78 is 50.3. The Bertz CT molecular complexity index is 460. The van der Waals surface area contributed by atoms with Gasteiger partial charge in [-0.1, -0.05) is 37.7 Å². The summed E-state index contributed by atoms with van der Waals surface area (Å²) in [7, 11) is -1.54. The molecule has 0 amide bonds. The summed E-state index contributed by atoms with van der Waals surface area (Å²) in [5.41, 5.74) is 2.95. The summed E-state index contributed by atoms with van der Waals surface area (Å²) >= 11 is 0. The lowest BCUT2D eigenvalue weighted by Crippen LogP contribution is -2.23. The van der Waals surface area contributed by atoms with Crippen LogP contribution < -0.4 is 0 Å². The zero-order valence-electron chi connectivity index (χ0n) is 10.4. The van der Waals surface area contributed by atoms with E-state index >= 15 is 0 Å². The van der Waals surface area contributed by atoms with Gasteiger partial charge >= 0.3 is 12.3 Å². The number of hydrogen-bond donors (Lipinski definition) is 0. The van der Waals surface area contributed by atoms with Gasteiger partial charge in [-0.25, -0.2) is 8.78 Å². The molecule has 0 N–H and O–H groups in total. The fourth-order valence-corrected chi connectivity index (χ4v) is 1.68. The molecule has 0 fully saturated rings. The Morgan fingerprint density at radius 1 is 1.06 bits per heavy atom. The van der Waals surface area contributed by atoms with Crippen molar-refractivity contribution in [1.82, 2.24) is 0 Å². The van der Waals surface area contributed by atoms with Crippen molar-refractivity contribution in [3.63, 3.8) is 0 Å². The van der Waals surface area contributed by atoms with E-state index in [1.165, 1.54) is 12.1 Å². The van der Waals surface area contributed by atoms with Crippen LogP contribution in [0.25, 0.3) is 0 Å². The third-order valence-electron chi connectivity index (χ3n) is 2.13. The second kappa shape index (κ2) is 5.15. The van der Waals surface area contributed by atoms with E-state index in [1.54, 1.807) is 0 Å². The average molecular weight is 274 g/mol. The van der Waals surface area contributed by atoms with Crippen LogP contribution in [-0.4, -0.2) is 14.5 Å². The molecule has 0 saturated carbocycles. The highest BCUT2D eigenvalue weighted by molar-refractivity contribution is 6.83. The summed E-state index contributed by atoms with van der Waals surface area (Å²) in [6, 6.07) is 4.69. The van der Waals surface area contributed by atoms with Crippen LogP contribution >= 0.6 is 0 Å². The average Bonchev–Trinajstić information content (AvgIpc) is 2.26. The van der Waals surface area contributed by atoms with Gasteiger partial charge in [0.1, 0.15) is 8.07 Å². The molecule has 0 spiro atoms. The topological polar surface area (TPSA) is 0 Å². The molecular weight excluding hydrogens is 260 g/mol. The molecule has 0 aliphatic carbocycles. The molecule has 0 radical (unpaired) electrons. The number of alkyl halides is 4. The fraction of sp³-hybridized carbons (Fsp3) is 0.385. The molecule has 98 valence electrons. The van der Waals surface area contributed by atoms with Crippen LogP contribution in [0.4, 0.5) is 17.6 Å². The van der Waals surface area contributed by atoms with Crippen LogP contribution in [0, 0.1) is 11.5 Å². The van der Waals surface area contributed by atoms with Gasteiger partial charge in [0, 0.05) is 11.1 Å². The fourth-order valence-electron chi connectivity index (χ4n) is 1.16. The van der Waals surface area contributed by atoms with Gasteiger partial charge in [0.15, 0.2) is 0 Å². The van der Waals surface area contributed by atoms with Gasteiger partial charge in [-0.15, -0.1) is 5.54 Å². The predicted molar refractivity (Wildman–Crippen MR) is 66.6 cm³/mol. The highest BCUT2D eigenvalue weighted by Gasteiger charge is 2.42. The van der Waals surface area contributed by atoms with Crippen LogP contribution in [0.3, 0.4) is 0 Å². The van der Waals surface area contributed by atoms with E-state index in [-0.39, 0.29) is 0 Å². The Kier molecular flexibility index (Phi) is 4.23. The molecule has 0 unspecified atom stereocenters. The summed E-state index contributed by atoms with van der Waals surface area (Å²) in [6.45, 7) is 6.16. The molecule has 18 heavy (non-hydrogen) atoms. The highest BCUT2D eigenvalue weighted by atomic mass is 28.3. The van der Waals surface area contributed by atoms with Gasteiger partial charge in [0.2, 0.25) is 0 Å². The van der Waals surface area contributed by atoms with Crippen LogP contribution in [0.1, 0.15) is 11.1 Å². The summed E-state index contributed by atoms with van der Waals surface area (Å²) in [5.74, 6) is -1.23. The third-order valence-corrected chi connectivity index (χ3v) is 3.00. The molecule has 1 aromatic carbocycles. The van der Waals surface area contributed by atoms with Crippen molar-refractivity contribution in [2.75, 3.05) is 0 Å². The normalized spacial score (nSPS) is 12.2. The second-order valence-electron chi connectivity index (χ2n) is 5.00. The maximum absolute atomic E-state index is 13.0. The molecule has 0 bridgehead atoms. The molecule has 1 rings (SSSR count). The molecule has 0 heterocycles. The quantitative estimate of drug-likeness (QED) is 0.429. The number of rotatable bonds is 2. The Labute approximate surface area is 105 Å². The molecule has 0 nitrogen and oxygen atoms in total. The lowest BCUT2D eigenvalue weighted by atomic mass is 10.1. The second-order valence-corrected chi connectivity index (χ2v) is 9.75. The smallest absolute Gasteiger partial charge is 0.203 e. The van der Waals surface area contributed by atoms with Gasteiger partial charge in [-0.05, 0) is 12.1 Å². The van der Waals surface area contributed by atoms with Crippen molar-refractivity contribution in [1.29, 1.82) is 0 Å². The maximum atomic E-state index is 13.0. The zero-order chi connectivity index (χ0) is 14.0. The summed E-state index contributed by atoms with van der Waals surface area (Å²) in [5, 5.41) is 0. The highest BCUT2D eigenvalue weighted by Crippen LogP contribution is 2.34. The van der Waals surface area contributed by atoms with Crippen molar-refractivity contribution in [3.8, 4) is 11.5 Å². The van der Waals surface area contributed by atoms with Crippen molar-refractivity contribution in [2.24, 2.45) is 0 Å². The molecule has 0 atom stereocenters. The summed E-state index contributed by atoms with van der Waals surface area (Å²) in [6.07, 6.45) is -3.70. The van der Waals surface area contributed by atoms with Gasteiger partial charge in [-0.3, -0.25) is 0 Å². The first-order chi connectivity index (χ1) is 8.13. The minimum absolute atomic E-state index is 0.561. The Morgan fingerprint density at radius 3 is 1.94 bits per heavy atom. The number of hydrogen-bond acceptors (Lipinski definition) is 0. The van der Waals surface area contributed by atoms with Crippen LogP contribution in [0.15, 0.2) is 24.3 Å². The Hall–Kier alpha value is -1.28. The first kappa shape index (κ1) is 14.8. The van der Waals surface area contributed by atoms with E-state index < -0.39 is 26.0 Å². The van der Waals surface area contributed by atoms with Crippen molar-refractivity contribution < 1.29 is 17.6 Å². The van der Waals surface area contributed by atoms with Gasteiger partial charge < -0.3 is 0 Å². The SMILES string of the molecule is C[Si](C)(C)C#Cc1ccc(C(F)(F)C(F)F)cc1. The zero-order valence-corrected chi connectivity index (χ0v) is 11.4. The minimum atomic E-state index is -4.11. The third kappa shape index (κ3) is 3.88. The molecule has 5 heteroatoms. The Morgan fingerprint density at radius 2 is 1.56 bits per heavy atom. The van der Waals surface area contributed by atoms with E-state index in [0.717, 1.165) is 12.1 Å². The standard InChI is InChI=1S/C13H14F4Si/c1-18(2,3)9-8-10-4-6-11(7-5-10)13(16,17)12(14)15/h4-7,12H,1-3H3. The van der Waals surface area contributed by atoms with Gasteiger partial charge in [0.25, 0.3) is 0 Å². The monoisotopic (exact) mass is 274 g/mol. The van der Waals surface area contributed by atoms with Crippen LogP contribution in [0.2, 0.25) is 19.6 Å². The van der Waals surface area contributed by atoms with Crippen LogP contribution in [-0.2, 0) is 5.92 Å². The summed E-state index contributed by atoms with van der Waals surface area (Å²) in [4.78, 5) is 0. The van der Waals surface area contributed by atoms with E-state index in [2.05, 4.69) is 31.1 Å². The molecule has 1 aromatic rings. The minimum Gasteiger partial charge on any atom is -0.203 e. The van der Waals surface area contributed by atoms with Gasteiger partial charge in [-0.2, -0.15) is 8.78 Å². The molecular formula is C13H14F4Si. The van der Waals surface area contributed by atoms with Gasteiger partial charge in [0.05, 0.1) is 0 Å². The van der Waals surface area contributed by atoms with Crippen molar-refractivity contribution >= 4 is 8.07 Å². The molecule has 0 aliphatic heterocycles. The van der Waals surface area contributed by atoms with Crippen LogP contribution in [0.5, 0.6) is 0 Å². The van der Waals surface area contributed by atoms with E-state index in [1.807, 2.05) is 0 Å². The first-order valence-electron chi connectivity index (χ1n) is 5.42. The van der Waals surface area contributed by atoms with Crippen molar-refractivity contribution in [2.45, 2.75) is 32.0 Å². The predicted octanol–water partition coefficient (Wildman–Crippen LogP) is 4.27. The number of halogens is 4. The van der Waals surface area contributed by atoms with E-state index in [4.69, 9.17) is 0 Å². The first-order valence-corrected chi connectivity index (χ1v) is 8.92. The van der Waals surface area contributed by atoms with Crippen molar-refractivity contribution in [3.05, 3.63) is 35.4 Å². The largest absolute Gasteiger partial charge is 0.332 e. The number of benzene rings is 1. The Balaban J connectivity index is 2.96. The lowest BCUT2D eigenvalue weighted by molar-refractivity contribution is -0.135. The lowest BCUT2D eigenvalue weighted by Gasteiger charge is -2.15. The van der Waals surface area contributed by atoms with E-state index in [0.29, 0.717) is 5.56 Å². The van der Waals surface area contributed by atoms with E-state index in [9.17, 15) is 17.6 Å². The molecule has 0 aromatic heterocycles. The molecule has 0 saturated heterocycles. The maximum Gasteiger partial charge on any atom is 0.332 e.